The highest BCUT2D eigenvalue weighted by atomic mass is 79.9. The third-order valence-electron chi connectivity index (χ3n) is 3.67. The van der Waals surface area contributed by atoms with Crippen LogP contribution >= 0.6 is 15.9 Å². The smallest absolute Gasteiger partial charge is 0.275 e. The van der Waals surface area contributed by atoms with Gasteiger partial charge in [0.2, 0.25) is 0 Å². The van der Waals surface area contributed by atoms with E-state index in [1.807, 2.05) is 36.0 Å². The number of aromatic nitrogens is 4. The average Bonchev–Trinajstić information content (AvgIpc) is 3.20. The predicted octanol–water partition coefficient (Wildman–Crippen LogP) is 3.36. The van der Waals surface area contributed by atoms with Crippen LogP contribution in [0.5, 0.6) is 0 Å². The molecule has 7 heteroatoms. The van der Waals surface area contributed by atoms with Gasteiger partial charge in [0.15, 0.2) is 0 Å². The first-order chi connectivity index (χ1) is 11.7. The van der Waals surface area contributed by atoms with E-state index in [1.54, 1.807) is 17.1 Å². The van der Waals surface area contributed by atoms with Gasteiger partial charge in [0.05, 0.1) is 22.6 Å². The highest BCUT2D eigenvalue weighted by Crippen LogP contribution is 2.18. The summed E-state index contributed by atoms with van der Waals surface area (Å²) in [5, 5.41) is 11.3. The number of hydrogen-bond donors (Lipinski definition) is 1. The predicted molar refractivity (Wildman–Crippen MR) is 95.9 cm³/mol. The van der Waals surface area contributed by atoms with Crippen molar-refractivity contribution in [3.8, 4) is 0 Å². The van der Waals surface area contributed by atoms with E-state index in [2.05, 4.69) is 43.6 Å². The highest BCUT2D eigenvalue weighted by Gasteiger charge is 2.17. The maximum atomic E-state index is 12.4. The molecule has 0 aliphatic carbocycles. The molecule has 2 aromatic heterocycles. The zero-order valence-electron chi connectivity index (χ0n) is 13.3. The quantitative estimate of drug-likeness (QED) is 0.704. The minimum Gasteiger partial charge on any atom is -0.318 e. The second-order valence-corrected chi connectivity index (χ2v) is 6.19. The third kappa shape index (κ3) is 3.73. The molecular weight excluding hydrogens is 370 g/mol. The highest BCUT2D eigenvalue weighted by molar-refractivity contribution is 9.10. The zero-order valence-corrected chi connectivity index (χ0v) is 14.9. The molecule has 2 heterocycles. The largest absolute Gasteiger partial charge is 0.318 e. The normalized spacial score (nSPS) is 10.8. The average molecular weight is 388 g/mol. The van der Waals surface area contributed by atoms with Crippen molar-refractivity contribution in [1.82, 2.24) is 19.6 Å². The van der Waals surface area contributed by atoms with Crippen LogP contribution in [0.25, 0.3) is 0 Å². The molecule has 0 aliphatic heterocycles. The van der Waals surface area contributed by atoms with Crippen LogP contribution in [0, 0.1) is 0 Å². The number of anilines is 1. The second kappa shape index (κ2) is 7.44. The molecule has 0 bridgehead atoms. The van der Waals surface area contributed by atoms with E-state index in [1.165, 1.54) is 5.56 Å². The van der Waals surface area contributed by atoms with E-state index in [-0.39, 0.29) is 5.91 Å². The van der Waals surface area contributed by atoms with E-state index >= 15 is 0 Å². The molecule has 0 unspecified atom stereocenters. The molecule has 1 amide bonds. The van der Waals surface area contributed by atoms with Gasteiger partial charge in [0.25, 0.3) is 5.91 Å². The Morgan fingerprint density at radius 3 is 2.75 bits per heavy atom. The van der Waals surface area contributed by atoms with E-state index < -0.39 is 0 Å². The molecule has 124 valence electrons. The lowest BCUT2D eigenvalue weighted by atomic mass is 10.1. The third-order valence-corrected chi connectivity index (χ3v) is 4.25. The topological polar surface area (TPSA) is 64.7 Å². The van der Waals surface area contributed by atoms with Gasteiger partial charge in [-0.1, -0.05) is 30.3 Å². The molecule has 1 N–H and O–H groups in total. The molecule has 3 rings (SSSR count). The molecule has 24 heavy (non-hydrogen) atoms. The molecule has 0 spiro atoms. The molecule has 0 atom stereocenters. The van der Waals surface area contributed by atoms with Crippen molar-refractivity contribution in [3.05, 3.63) is 64.7 Å². The summed E-state index contributed by atoms with van der Waals surface area (Å²) in [6.07, 6.45) is 6.01. The van der Waals surface area contributed by atoms with Crippen LogP contribution in [-0.4, -0.2) is 25.5 Å². The number of benzene rings is 1. The van der Waals surface area contributed by atoms with Crippen molar-refractivity contribution in [3.63, 3.8) is 0 Å². The fourth-order valence-electron chi connectivity index (χ4n) is 2.46. The summed E-state index contributed by atoms with van der Waals surface area (Å²) in [6, 6.07) is 10.2. The Kier molecular flexibility index (Phi) is 5.10. The van der Waals surface area contributed by atoms with Gasteiger partial charge in [-0.2, -0.15) is 10.2 Å². The lowest BCUT2D eigenvalue weighted by Gasteiger charge is -2.05. The first kappa shape index (κ1) is 16.4. The summed E-state index contributed by atoms with van der Waals surface area (Å²) in [4.78, 5) is 12.4. The van der Waals surface area contributed by atoms with Crippen molar-refractivity contribution >= 4 is 27.5 Å². The van der Waals surface area contributed by atoms with Gasteiger partial charge in [0.1, 0.15) is 5.69 Å². The number of carbonyl (C=O) groups is 1. The summed E-state index contributed by atoms with van der Waals surface area (Å²) >= 11 is 3.36. The summed E-state index contributed by atoms with van der Waals surface area (Å²) in [7, 11) is 0. The van der Waals surface area contributed by atoms with Crippen LogP contribution in [0.15, 0.2) is 53.4 Å². The van der Waals surface area contributed by atoms with Crippen molar-refractivity contribution in [1.29, 1.82) is 0 Å². The van der Waals surface area contributed by atoms with E-state index in [9.17, 15) is 4.79 Å². The van der Waals surface area contributed by atoms with E-state index in [4.69, 9.17) is 0 Å². The number of carbonyl (C=O) groups excluding carboxylic acids is 1. The molecule has 0 fully saturated rings. The van der Waals surface area contributed by atoms with Crippen LogP contribution in [-0.2, 0) is 19.5 Å². The summed E-state index contributed by atoms with van der Waals surface area (Å²) < 4.78 is 4.16. The Balaban J connectivity index is 1.63. The molecule has 0 saturated heterocycles. The number of aryl methyl sites for hydroxylation is 3. The van der Waals surface area contributed by atoms with Gasteiger partial charge in [0, 0.05) is 19.3 Å². The first-order valence-electron chi connectivity index (χ1n) is 7.76. The standard InChI is InChI=1S/C17H18BrN5O/c1-2-23-16(15(18)11-20-23)17(24)21-14-10-19-22(12-14)9-8-13-6-4-3-5-7-13/h3-7,10-12H,2,8-9H2,1H3,(H,21,24). The van der Waals surface area contributed by atoms with Gasteiger partial charge in [-0.05, 0) is 34.8 Å². The Hall–Kier alpha value is -2.41. The number of hydrogen-bond acceptors (Lipinski definition) is 3. The number of halogens is 1. The Morgan fingerprint density at radius 2 is 2.00 bits per heavy atom. The first-order valence-corrected chi connectivity index (χ1v) is 8.55. The molecule has 0 aliphatic rings. The van der Waals surface area contributed by atoms with Crippen LogP contribution in [0.1, 0.15) is 23.0 Å². The number of nitrogens with zero attached hydrogens (tertiary/aromatic N) is 4. The molecule has 1 aromatic carbocycles. The molecular formula is C17H18BrN5O. The second-order valence-electron chi connectivity index (χ2n) is 5.34. The number of amides is 1. The van der Waals surface area contributed by atoms with E-state index in [0.29, 0.717) is 22.4 Å². The lowest BCUT2D eigenvalue weighted by Crippen LogP contribution is -2.17. The SMILES string of the molecule is CCn1ncc(Br)c1C(=O)Nc1cnn(CCc2ccccc2)c1. The number of rotatable bonds is 6. The minimum atomic E-state index is -0.205. The Labute approximate surface area is 148 Å². The van der Waals surface area contributed by atoms with Crippen molar-refractivity contribution in [2.45, 2.75) is 26.4 Å². The summed E-state index contributed by atoms with van der Waals surface area (Å²) in [5.74, 6) is -0.205. The van der Waals surface area contributed by atoms with Gasteiger partial charge in [-0.15, -0.1) is 0 Å². The van der Waals surface area contributed by atoms with Crippen molar-refractivity contribution < 1.29 is 4.79 Å². The molecule has 3 aromatic rings. The van der Waals surface area contributed by atoms with Crippen LogP contribution in [0.4, 0.5) is 5.69 Å². The lowest BCUT2D eigenvalue weighted by molar-refractivity contribution is 0.101. The van der Waals surface area contributed by atoms with E-state index in [0.717, 1.165) is 13.0 Å². The number of nitrogens with one attached hydrogen (secondary N) is 1. The molecule has 0 radical (unpaired) electrons. The maximum absolute atomic E-state index is 12.4. The fraction of sp³-hybridized carbons (Fsp3) is 0.235. The van der Waals surface area contributed by atoms with Gasteiger partial charge in [-0.25, -0.2) is 0 Å². The van der Waals surface area contributed by atoms with Crippen LogP contribution in [0.3, 0.4) is 0 Å². The zero-order chi connectivity index (χ0) is 16.9. The summed E-state index contributed by atoms with van der Waals surface area (Å²) in [5.41, 5.74) is 2.44. The van der Waals surface area contributed by atoms with Crippen molar-refractivity contribution in [2.75, 3.05) is 5.32 Å². The van der Waals surface area contributed by atoms with Crippen molar-refractivity contribution in [2.24, 2.45) is 0 Å². The molecule has 6 nitrogen and oxygen atoms in total. The molecule has 0 saturated carbocycles. The van der Waals surface area contributed by atoms with Crippen LogP contribution in [0.2, 0.25) is 0 Å². The maximum Gasteiger partial charge on any atom is 0.275 e. The van der Waals surface area contributed by atoms with Gasteiger partial charge >= 0.3 is 0 Å². The minimum absolute atomic E-state index is 0.205. The monoisotopic (exact) mass is 387 g/mol. The van der Waals surface area contributed by atoms with Gasteiger partial charge < -0.3 is 5.32 Å². The van der Waals surface area contributed by atoms with Gasteiger partial charge in [-0.3, -0.25) is 14.2 Å². The Morgan fingerprint density at radius 1 is 1.21 bits per heavy atom. The van der Waals surface area contributed by atoms with Crippen LogP contribution < -0.4 is 5.32 Å². The fourth-order valence-corrected chi connectivity index (χ4v) is 2.93. The summed E-state index contributed by atoms with van der Waals surface area (Å²) in [6.45, 7) is 3.33. The Bertz CT molecular complexity index is 825.